The molecule has 0 aliphatic rings. The number of benzene rings is 2. The Kier molecular flexibility index (Phi) is 4.53. The van der Waals surface area contributed by atoms with Crippen LogP contribution < -0.4 is 10.4 Å². The van der Waals surface area contributed by atoms with E-state index in [2.05, 4.69) is 0 Å². The van der Waals surface area contributed by atoms with Gasteiger partial charge in [0, 0.05) is 5.02 Å². The van der Waals surface area contributed by atoms with E-state index in [1.807, 2.05) is 0 Å². The maximum atomic E-state index is 12.0. The molecule has 0 bridgehead atoms. The van der Waals surface area contributed by atoms with Gasteiger partial charge in [0.2, 0.25) is 0 Å². The molecule has 1 heterocycles. The monoisotopic (exact) mass is 330 g/mol. The minimum absolute atomic E-state index is 0.0108. The van der Waals surface area contributed by atoms with Crippen molar-refractivity contribution in [3.63, 3.8) is 0 Å². The Hall–Kier alpha value is -2.46. The average Bonchev–Trinajstić information content (AvgIpc) is 2.55. The Bertz CT molecular complexity index is 868. The first-order chi connectivity index (χ1) is 11.1. The molecule has 2 aromatic carbocycles. The first kappa shape index (κ1) is 15.4. The van der Waals surface area contributed by atoms with Crippen LogP contribution in [0, 0.1) is 0 Å². The number of hydrogen-bond donors (Lipinski definition) is 1. The Morgan fingerprint density at radius 2 is 1.83 bits per heavy atom. The summed E-state index contributed by atoms with van der Waals surface area (Å²) >= 11 is 5.81. The van der Waals surface area contributed by atoms with Crippen molar-refractivity contribution in [3.8, 4) is 11.5 Å². The van der Waals surface area contributed by atoms with Crippen LogP contribution in [-0.2, 0) is 6.42 Å². The molecule has 0 atom stereocenters. The fraction of sp³-hybridized carbons (Fsp3) is 0.167. The summed E-state index contributed by atoms with van der Waals surface area (Å²) < 4.78 is 10.8. The first-order valence-electron chi connectivity index (χ1n) is 7.27. The van der Waals surface area contributed by atoms with E-state index in [1.165, 1.54) is 0 Å². The second-order valence-electron chi connectivity index (χ2n) is 5.12. The number of rotatable bonds is 5. The zero-order chi connectivity index (χ0) is 16.2. The second kappa shape index (κ2) is 6.75. The van der Waals surface area contributed by atoms with E-state index in [4.69, 9.17) is 20.8 Å². The van der Waals surface area contributed by atoms with Gasteiger partial charge in [0.1, 0.15) is 17.1 Å². The average molecular weight is 331 g/mol. The van der Waals surface area contributed by atoms with Crippen LogP contribution in [0.4, 0.5) is 0 Å². The molecule has 3 rings (SSSR count). The zero-order valence-corrected chi connectivity index (χ0v) is 13.0. The first-order valence-corrected chi connectivity index (χ1v) is 7.65. The lowest BCUT2D eigenvalue weighted by atomic mass is 10.1. The van der Waals surface area contributed by atoms with Gasteiger partial charge in [-0.05, 0) is 49.2 Å². The van der Waals surface area contributed by atoms with E-state index in [0.717, 1.165) is 0 Å². The molecular weight excluding hydrogens is 316 g/mol. The molecule has 0 saturated carbocycles. The highest BCUT2D eigenvalue weighted by Gasteiger charge is 2.13. The van der Waals surface area contributed by atoms with Gasteiger partial charge in [0.25, 0.3) is 0 Å². The predicted molar refractivity (Wildman–Crippen MR) is 89.4 cm³/mol. The van der Waals surface area contributed by atoms with Crippen LogP contribution in [0.1, 0.15) is 12.0 Å². The van der Waals surface area contributed by atoms with Crippen molar-refractivity contribution in [3.05, 3.63) is 69.5 Å². The fourth-order valence-electron chi connectivity index (χ4n) is 2.36. The van der Waals surface area contributed by atoms with Crippen LogP contribution in [0.5, 0.6) is 11.5 Å². The lowest BCUT2D eigenvalue weighted by molar-refractivity contribution is 0.309. The summed E-state index contributed by atoms with van der Waals surface area (Å²) in [5.74, 6) is 0.701. The molecule has 3 aromatic rings. The third kappa shape index (κ3) is 3.48. The summed E-state index contributed by atoms with van der Waals surface area (Å²) in [6.07, 6.45) is 0.964. The fourth-order valence-corrected chi connectivity index (χ4v) is 2.49. The Balaban J connectivity index is 1.67. The molecule has 1 N–H and O–H groups in total. The highest BCUT2D eigenvalue weighted by molar-refractivity contribution is 6.30. The van der Waals surface area contributed by atoms with E-state index in [1.54, 1.807) is 48.5 Å². The smallest absolute Gasteiger partial charge is 0.343 e. The molecule has 23 heavy (non-hydrogen) atoms. The van der Waals surface area contributed by atoms with Gasteiger partial charge in [-0.1, -0.05) is 23.7 Å². The molecule has 0 aliphatic heterocycles. The third-order valence-electron chi connectivity index (χ3n) is 3.53. The normalized spacial score (nSPS) is 10.8. The van der Waals surface area contributed by atoms with Gasteiger partial charge in [-0.25, -0.2) is 4.79 Å². The van der Waals surface area contributed by atoms with E-state index in [0.29, 0.717) is 41.2 Å². The maximum absolute atomic E-state index is 12.0. The van der Waals surface area contributed by atoms with Crippen molar-refractivity contribution in [1.82, 2.24) is 0 Å². The Labute approximate surface area is 137 Å². The molecular formula is C18H15ClO4. The van der Waals surface area contributed by atoms with Gasteiger partial charge >= 0.3 is 5.63 Å². The Morgan fingerprint density at radius 1 is 1.09 bits per heavy atom. The van der Waals surface area contributed by atoms with Crippen LogP contribution in [0.25, 0.3) is 11.0 Å². The van der Waals surface area contributed by atoms with Gasteiger partial charge in [-0.15, -0.1) is 0 Å². The van der Waals surface area contributed by atoms with E-state index < -0.39 is 5.63 Å². The molecule has 0 unspecified atom stereocenters. The molecule has 5 heteroatoms. The van der Waals surface area contributed by atoms with Crippen molar-refractivity contribution in [1.29, 1.82) is 0 Å². The summed E-state index contributed by atoms with van der Waals surface area (Å²) in [7, 11) is 0. The van der Waals surface area contributed by atoms with Gasteiger partial charge in [-0.3, -0.25) is 0 Å². The number of para-hydroxylation sites is 1. The molecule has 4 nitrogen and oxygen atoms in total. The van der Waals surface area contributed by atoms with Crippen LogP contribution in [-0.4, -0.2) is 11.7 Å². The maximum Gasteiger partial charge on any atom is 0.343 e. The number of hydrogen-bond acceptors (Lipinski definition) is 4. The van der Waals surface area contributed by atoms with Crippen molar-refractivity contribution in [2.24, 2.45) is 0 Å². The minimum atomic E-state index is -0.507. The standard InChI is InChI=1S/C18H15ClO4/c19-12-7-9-13(10-8-12)22-11-3-5-15-17(20)14-4-1-2-6-16(14)23-18(15)21/h1-2,4,6-10,20H,3,5,11H2. The van der Waals surface area contributed by atoms with Crippen molar-refractivity contribution in [2.75, 3.05) is 6.61 Å². The molecule has 0 radical (unpaired) electrons. The predicted octanol–water partition coefficient (Wildman–Crippen LogP) is 4.16. The van der Waals surface area contributed by atoms with Gasteiger partial charge in [-0.2, -0.15) is 0 Å². The van der Waals surface area contributed by atoms with Crippen molar-refractivity contribution < 1.29 is 14.3 Å². The number of fused-ring (bicyclic) bond motifs is 1. The second-order valence-corrected chi connectivity index (χ2v) is 5.56. The van der Waals surface area contributed by atoms with Crippen molar-refractivity contribution >= 4 is 22.6 Å². The van der Waals surface area contributed by atoms with Crippen LogP contribution in [0.3, 0.4) is 0 Å². The topological polar surface area (TPSA) is 59.7 Å². The van der Waals surface area contributed by atoms with Crippen LogP contribution in [0.15, 0.2) is 57.7 Å². The number of ether oxygens (including phenoxy) is 1. The highest BCUT2D eigenvalue weighted by atomic mass is 35.5. The summed E-state index contributed by atoms with van der Waals surface area (Å²) in [4.78, 5) is 12.0. The van der Waals surface area contributed by atoms with Gasteiger partial charge < -0.3 is 14.3 Å². The summed E-state index contributed by atoms with van der Waals surface area (Å²) in [6, 6.07) is 14.0. The van der Waals surface area contributed by atoms with Crippen LogP contribution >= 0.6 is 11.6 Å². The van der Waals surface area contributed by atoms with Crippen molar-refractivity contribution in [2.45, 2.75) is 12.8 Å². The lowest BCUT2D eigenvalue weighted by Crippen LogP contribution is -2.10. The third-order valence-corrected chi connectivity index (χ3v) is 3.78. The van der Waals surface area contributed by atoms with E-state index in [-0.39, 0.29) is 11.3 Å². The quantitative estimate of drug-likeness (QED) is 0.563. The highest BCUT2D eigenvalue weighted by Crippen LogP contribution is 2.26. The summed E-state index contributed by atoms with van der Waals surface area (Å²) in [5.41, 5.74) is 0.160. The van der Waals surface area contributed by atoms with Gasteiger partial charge in [0.05, 0.1) is 17.6 Å². The molecule has 1 aromatic heterocycles. The molecule has 0 saturated heterocycles. The minimum Gasteiger partial charge on any atom is -0.507 e. The zero-order valence-electron chi connectivity index (χ0n) is 12.3. The summed E-state index contributed by atoms with van der Waals surface area (Å²) in [6.45, 7) is 0.424. The summed E-state index contributed by atoms with van der Waals surface area (Å²) in [5, 5.41) is 11.5. The number of halogens is 1. The Morgan fingerprint density at radius 3 is 2.61 bits per heavy atom. The molecule has 0 spiro atoms. The SMILES string of the molecule is O=c1oc2ccccc2c(O)c1CCCOc1ccc(Cl)cc1. The molecule has 118 valence electrons. The van der Waals surface area contributed by atoms with E-state index >= 15 is 0 Å². The lowest BCUT2D eigenvalue weighted by Gasteiger charge is -2.08. The molecule has 0 aliphatic carbocycles. The number of aromatic hydroxyl groups is 1. The molecule has 0 fully saturated rings. The van der Waals surface area contributed by atoms with E-state index in [9.17, 15) is 9.90 Å². The largest absolute Gasteiger partial charge is 0.507 e. The van der Waals surface area contributed by atoms with Crippen LogP contribution in [0.2, 0.25) is 5.02 Å². The van der Waals surface area contributed by atoms with Gasteiger partial charge in [0.15, 0.2) is 0 Å². The molecule has 0 amide bonds.